The summed E-state index contributed by atoms with van der Waals surface area (Å²) in [5, 5.41) is 4.41. The summed E-state index contributed by atoms with van der Waals surface area (Å²) in [6.07, 6.45) is 5.97. The van der Waals surface area contributed by atoms with Gasteiger partial charge in [0.1, 0.15) is 0 Å². The highest BCUT2D eigenvalue weighted by atomic mass is 35.5. The molecule has 0 spiro atoms. The van der Waals surface area contributed by atoms with Crippen LogP contribution in [0.4, 0.5) is 0 Å². The molecule has 4 heterocycles. The number of nitrogens with zero attached hydrogens (tertiary/aromatic N) is 3. The maximum atomic E-state index is 14.2. The van der Waals surface area contributed by atoms with Crippen LogP contribution < -0.4 is 14.9 Å². The maximum Gasteiger partial charge on any atom is 0.271 e. The number of aryl methyl sites for hydroxylation is 1. The molecule has 0 saturated heterocycles. The van der Waals surface area contributed by atoms with Gasteiger partial charge >= 0.3 is 0 Å². The van der Waals surface area contributed by atoms with E-state index >= 15 is 0 Å². The molecule has 0 unspecified atom stereocenters. The fourth-order valence-electron chi connectivity index (χ4n) is 6.21. The van der Waals surface area contributed by atoms with Crippen molar-refractivity contribution in [2.75, 3.05) is 0 Å². The minimum Gasteiger partial charge on any atom is -0.342 e. The zero-order chi connectivity index (χ0) is 28.4. The monoisotopic (exact) mass is 623 g/mol. The lowest BCUT2D eigenvalue weighted by atomic mass is 9.85. The second kappa shape index (κ2) is 10.2. The first-order valence-electron chi connectivity index (χ1n) is 13.7. The van der Waals surface area contributed by atoms with E-state index in [1.54, 1.807) is 17.4 Å². The molecule has 0 amide bonds. The summed E-state index contributed by atoms with van der Waals surface area (Å²) in [4.78, 5) is 21.2. The van der Waals surface area contributed by atoms with Crippen LogP contribution in [0.2, 0.25) is 10.0 Å². The van der Waals surface area contributed by atoms with Crippen LogP contribution in [0.3, 0.4) is 0 Å². The predicted octanol–water partition coefficient (Wildman–Crippen LogP) is 7.69. The Labute approximate surface area is 259 Å². The number of halogens is 2. The van der Waals surface area contributed by atoms with Gasteiger partial charge in [0, 0.05) is 49.7 Å². The summed E-state index contributed by atoms with van der Waals surface area (Å²) in [5.41, 5.74) is 7.80. The Morgan fingerprint density at radius 1 is 0.976 bits per heavy atom. The van der Waals surface area contributed by atoms with Crippen molar-refractivity contribution >= 4 is 68.6 Å². The quantitative estimate of drug-likeness (QED) is 0.198. The molecule has 8 heteroatoms. The second-order valence-electron chi connectivity index (χ2n) is 10.6. The van der Waals surface area contributed by atoms with Crippen LogP contribution in [-0.2, 0) is 13.0 Å². The van der Waals surface area contributed by atoms with Gasteiger partial charge in [-0.3, -0.25) is 9.36 Å². The third-order valence-electron chi connectivity index (χ3n) is 8.15. The molecule has 0 N–H and O–H groups in total. The number of rotatable bonds is 4. The van der Waals surface area contributed by atoms with Gasteiger partial charge in [0.25, 0.3) is 5.56 Å². The molecule has 1 atom stereocenters. The number of allylic oxidation sites excluding steroid dienone is 1. The van der Waals surface area contributed by atoms with Crippen molar-refractivity contribution in [2.45, 2.75) is 25.4 Å². The number of benzene rings is 3. The average Bonchev–Trinajstić information content (AvgIpc) is 3.73. The first-order valence-corrected chi connectivity index (χ1v) is 16.2. The molecule has 1 aliphatic carbocycles. The van der Waals surface area contributed by atoms with E-state index in [1.807, 2.05) is 34.9 Å². The molecule has 0 bridgehead atoms. The summed E-state index contributed by atoms with van der Waals surface area (Å²) >= 11 is 15.8. The number of hydrogen-bond donors (Lipinski definition) is 0. The molecule has 0 fully saturated rings. The van der Waals surface area contributed by atoms with Crippen LogP contribution in [0.1, 0.15) is 39.6 Å². The van der Waals surface area contributed by atoms with E-state index in [0.717, 1.165) is 45.4 Å². The van der Waals surface area contributed by atoms with Crippen molar-refractivity contribution in [2.24, 2.45) is 4.99 Å². The lowest BCUT2D eigenvalue weighted by molar-refractivity contribution is 0.593. The third-order valence-corrected chi connectivity index (χ3v) is 10.6. The number of thiophene rings is 1. The predicted molar refractivity (Wildman–Crippen MR) is 175 cm³/mol. The van der Waals surface area contributed by atoms with Gasteiger partial charge in [-0.25, -0.2) is 4.99 Å². The highest BCUT2D eigenvalue weighted by Gasteiger charge is 2.33. The molecule has 0 saturated carbocycles. The van der Waals surface area contributed by atoms with Gasteiger partial charge in [-0.2, -0.15) is 0 Å². The molecule has 6 aromatic rings. The zero-order valence-electron chi connectivity index (χ0n) is 22.3. The van der Waals surface area contributed by atoms with Crippen molar-refractivity contribution in [3.63, 3.8) is 0 Å². The van der Waals surface area contributed by atoms with E-state index < -0.39 is 0 Å². The average molecular weight is 625 g/mol. The van der Waals surface area contributed by atoms with Gasteiger partial charge in [0.2, 0.25) is 0 Å². The molecular weight excluding hydrogens is 601 g/mol. The molecule has 8 rings (SSSR count). The van der Waals surface area contributed by atoms with Gasteiger partial charge in [-0.15, -0.1) is 11.3 Å². The first-order chi connectivity index (χ1) is 20.5. The van der Waals surface area contributed by atoms with Crippen molar-refractivity contribution in [1.82, 2.24) is 9.13 Å². The van der Waals surface area contributed by atoms with E-state index in [2.05, 4.69) is 64.7 Å². The lowest BCUT2D eigenvalue weighted by Gasteiger charge is -2.30. The SMILES string of the molecule is O=c1/c(=C/c2cn(Cc3ccc(Cl)cc3Cl)c3ccccc23)sc2n1[C@@H](c1cccs1)C1=C(N=2)c2ccccc2CC1. The highest BCUT2D eigenvalue weighted by Crippen LogP contribution is 2.42. The molecule has 3 aromatic heterocycles. The molecule has 3 aromatic carbocycles. The van der Waals surface area contributed by atoms with Crippen molar-refractivity contribution in [3.05, 3.63) is 153 Å². The van der Waals surface area contributed by atoms with E-state index in [9.17, 15) is 4.79 Å². The van der Waals surface area contributed by atoms with Gasteiger partial charge in [0.05, 0.1) is 16.3 Å². The first kappa shape index (κ1) is 26.0. The standard InChI is InChI=1S/C34H23Cl2N3OS2/c35-23-13-11-21(27(36)17-23)18-38-19-22(24-7-3-4-9-28(24)38)16-30-33(40)39-32(29-10-5-15-41-29)26-14-12-20-6-1-2-8-25(20)31(26)37-34(39)42-30/h1-11,13,15-17,19,32H,12,14,18H2/b30-16-/t32-/m1/s1. The van der Waals surface area contributed by atoms with Crippen molar-refractivity contribution < 1.29 is 0 Å². The Bertz CT molecular complexity index is 2240. The minimum atomic E-state index is -0.139. The van der Waals surface area contributed by atoms with E-state index in [0.29, 0.717) is 21.1 Å². The topological polar surface area (TPSA) is 39.3 Å². The van der Waals surface area contributed by atoms with E-state index in [-0.39, 0.29) is 11.6 Å². The van der Waals surface area contributed by atoms with Crippen LogP contribution in [0.5, 0.6) is 0 Å². The summed E-state index contributed by atoms with van der Waals surface area (Å²) in [6, 6.07) is 26.4. The van der Waals surface area contributed by atoms with E-state index in [4.69, 9.17) is 28.2 Å². The summed E-state index contributed by atoms with van der Waals surface area (Å²) in [7, 11) is 0. The highest BCUT2D eigenvalue weighted by molar-refractivity contribution is 7.10. The molecular formula is C34H23Cl2N3OS2. The molecule has 206 valence electrons. The van der Waals surface area contributed by atoms with Gasteiger partial charge in [-0.05, 0) is 65.3 Å². The van der Waals surface area contributed by atoms with Crippen LogP contribution in [0, 0.1) is 0 Å². The van der Waals surface area contributed by atoms with Crippen LogP contribution in [-0.4, -0.2) is 9.13 Å². The number of aromatic nitrogens is 2. The third kappa shape index (κ3) is 4.24. The Hall–Kier alpha value is -3.68. The second-order valence-corrected chi connectivity index (χ2v) is 13.4. The van der Waals surface area contributed by atoms with Crippen molar-refractivity contribution in [3.8, 4) is 0 Å². The molecule has 1 aliphatic heterocycles. The van der Waals surface area contributed by atoms with Gasteiger partial charge in [0.15, 0.2) is 4.80 Å². The Morgan fingerprint density at radius 2 is 1.83 bits per heavy atom. The van der Waals surface area contributed by atoms with Gasteiger partial charge < -0.3 is 4.57 Å². The Balaban J connectivity index is 1.30. The maximum absolute atomic E-state index is 14.2. The largest absolute Gasteiger partial charge is 0.342 e. The fourth-order valence-corrected chi connectivity index (χ4v) is 8.52. The Kier molecular flexibility index (Phi) is 6.34. The smallest absolute Gasteiger partial charge is 0.271 e. The van der Waals surface area contributed by atoms with Crippen molar-refractivity contribution in [1.29, 1.82) is 0 Å². The number of hydrogen-bond acceptors (Lipinski definition) is 4. The summed E-state index contributed by atoms with van der Waals surface area (Å²) in [6.45, 7) is 0.593. The minimum absolute atomic E-state index is 0.000125. The van der Waals surface area contributed by atoms with Crippen LogP contribution in [0.15, 0.2) is 106 Å². The molecule has 0 radical (unpaired) electrons. The van der Waals surface area contributed by atoms with Gasteiger partial charge in [-0.1, -0.05) is 89.1 Å². The normalized spacial score (nSPS) is 16.3. The fraction of sp³-hybridized carbons (Fsp3) is 0.118. The number of thiazole rings is 1. The number of fused-ring (bicyclic) bond motifs is 4. The summed E-state index contributed by atoms with van der Waals surface area (Å²) in [5.74, 6) is 0. The zero-order valence-corrected chi connectivity index (χ0v) is 25.4. The number of para-hydroxylation sites is 1. The van der Waals surface area contributed by atoms with Crippen LogP contribution >= 0.6 is 45.9 Å². The molecule has 2 aliphatic rings. The van der Waals surface area contributed by atoms with Crippen LogP contribution in [0.25, 0.3) is 22.7 Å². The Morgan fingerprint density at radius 3 is 2.69 bits per heavy atom. The molecule has 4 nitrogen and oxygen atoms in total. The summed E-state index contributed by atoms with van der Waals surface area (Å²) < 4.78 is 4.77. The lowest BCUT2D eigenvalue weighted by Crippen LogP contribution is -2.38. The molecule has 42 heavy (non-hydrogen) atoms. The van der Waals surface area contributed by atoms with E-state index in [1.165, 1.54) is 32.9 Å².